The van der Waals surface area contributed by atoms with E-state index in [0.717, 1.165) is 30.4 Å². The summed E-state index contributed by atoms with van der Waals surface area (Å²) in [5.74, 6) is 0.0210. The lowest BCUT2D eigenvalue weighted by Gasteiger charge is -2.30. The standard InChI is InChI=1S/C26H34N2O2/c1-26(2,3)22-15-12-21(13-16-22)19-28(23-11-7-8-18-27-25(23)30)24(29)17-14-20-9-5-4-6-10-20/h4-6,9-10,12-13,15-16,23H,7-8,11,14,17-19H2,1-3H3,(H,27,30). The zero-order valence-electron chi connectivity index (χ0n) is 18.5. The second kappa shape index (κ2) is 9.92. The lowest BCUT2D eigenvalue weighted by Crippen LogP contribution is -2.48. The zero-order chi connectivity index (χ0) is 21.6. The number of carbonyl (C=O) groups is 2. The first-order valence-electron chi connectivity index (χ1n) is 11.0. The van der Waals surface area contributed by atoms with E-state index in [4.69, 9.17) is 0 Å². The first-order chi connectivity index (χ1) is 14.3. The molecule has 4 nitrogen and oxygen atoms in total. The van der Waals surface area contributed by atoms with Crippen LogP contribution in [0.3, 0.4) is 0 Å². The number of hydrogen-bond donors (Lipinski definition) is 1. The van der Waals surface area contributed by atoms with Gasteiger partial charge in [0.15, 0.2) is 0 Å². The minimum atomic E-state index is -0.391. The van der Waals surface area contributed by atoms with Gasteiger partial charge in [-0.2, -0.15) is 0 Å². The van der Waals surface area contributed by atoms with Crippen molar-refractivity contribution in [2.45, 2.75) is 70.9 Å². The van der Waals surface area contributed by atoms with Gasteiger partial charge in [-0.05, 0) is 47.8 Å². The normalized spacial score (nSPS) is 17.2. The van der Waals surface area contributed by atoms with Gasteiger partial charge in [-0.25, -0.2) is 0 Å². The van der Waals surface area contributed by atoms with Crippen LogP contribution >= 0.6 is 0 Å². The average molecular weight is 407 g/mol. The van der Waals surface area contributed by atoms with Crippen molar-refractivity contribution < 1.29 is 9.59 Å². The Morgan fingerprint density at radius 2 is 1.70 bits per heavy atom. The average Bonchev–Trinajstić information content (AvgIpc) is 2.95. The lowest BCUT2D eigenvalue weighted by molar-refractivity contribution is -0.141. The molecule has 1 aliphatic rings. The van der Waals surface area contributed by atoms with Crippen LogP contribution in [-0.2, 0) is 28.0 Å². The molecule has 0 spiro atoms. The van der Waals surface area contributed by atoms with E-state index < -0.39 is 6.04 Å². The van der Waals surface area contributed by atoms with E-state index in [1.54, 1.807) is 4.90 Å². The van der Waals surface area contributed by atoms with Gasteiger partial charge in [0, 0.05) is 19.5 Å². The number of hydrogen-bond acceptors (Lipinski definition) is 2. The van der Waals surface area contributed by atoms with Gasteiger partial charge < -0.3 is 10.2 Å². The highest BCUT2D eigenvalue weighted by Gasteiger charge is 2.30. The van der Waals surface area contributed by atoms with E-state index in [1.165, 1.54) is 5.56 Å². The van der Waals surface area contributed by atoms with Crippen LogP contribution in [0.15, 0.2) is 54.6 Å². The molecule has 0 bridgehead atoms. The second-order valence-corrected chi connectivity index (χ2v) is 9.26. The summed E-state index contributed by atoms with van der Waals surface area (Å²) >= 11 is 0. The maximum atomic E-state index is 13.3. The molecule has 3 rings (SSSR count). The Hall–Kier alpha value is -2.62. The quantitative estimate of drug-likeness (QED) is 0.761. The van der Waals surface area contributed by atoms with Gasteiger partial charge in [-0.3, -0.25) is 9.59 Å². The molecule has 0 saturated carbocycles. The third kappa shape index (κ3) is 5.94. The van der Waals surface area contributed by atoms with E-state index in [0.29, 0.717) is 25.9 Å². The van der Waals surface area contributed by atoms with Crippen molar-refractivity contribution in [1.29, 1.82) is 0 Å². The van der Waals surface area contributed by atoms with Crippen LogP contribution in [0.1, 0.15) is 63.1 Å². The van der Waals surface area contributed by atoms with Gasteiger partial charge in [0.2, 0.25) is 11.8 Å². The summed E-state index contributed by atoms with van der Waals surface area (Å²) in [6, 6.07) is 18.1. The van der Waals surface area contributed by atoms with Crippen molar-refractivity contribution in [3.8, 4) is 0 Å². The number of nitrogens with one attached hydrogen (secondary N) is 1. The first kappa shape index (κ1) is 22.1. The zero-order valence-corrected chi connectivity index (χ0v) is 18.5. The van der Waals surface area contributed by atoms with Gasteiger partial charge in [0.05, 0.1) is 0 Å². The third-order valence-corrected chi connectivity index (χ3v) is 5.85. The van der Waals surface area contributed by atoms with Crippen LogP contribution < -0.4 is 5.32 Å². The minimum Gasteiger partial charge on any atom is -0.354 e. The third-order valence-electron chi connectivity index (χ3n) is 5.85. The Kier molecular flexibility index (Phi) is 7.30. The molecular weight excluding hydrogens is 372 g/mol. The molecule has 1 fully saturated rings. The van der Waals surface area contributed by atoms with E-state index >= 15 is 0 Å². The van der Waals surface area contributed by atoms with Gasteiger partial charge in [0.1, 0.15) is 6.04 Å². The maximum absolute atomic E-state index is 13.3. The van der Waals surface area contributed by atoms with Crippen LogP contribution in [0.2, 0.25) is 0 Å². The molecule has 1 atom stereocenters. The van der Waals surface area contributed by atoms with Crippen LogP contribution in [0.25, 0.3) is 0 Å². The van der Waals surface area contributed by atoms with Crippen molar-refractivity contribution in [2.75, 3.05) is 6.54 Å². The highest BCUT2D eigenvalue weighted by molar-refractivity contribution is 5.88. The molecular formula is C26H34N2O2. The number of rotatable bonds is 6. The number of carbonyl (C=O) groups excluding carboxylic acids is 2. The predicted octanol–water partition coefficient (Wildman–Crippen LogP) is 4.61. The van der Waals surface area contributed by atoms with Gasteiger partial charge in [-0.1, -0.05) is 75.4 Å². The second-order valence-electron chi connectivity index (χ2n) is 9.26. The van der Waals surface area contributed by atoms with E-state index in [-0.39, 0.29) is 17.2 Å². The molecule has 0 aliphatic carbocycles. The van der Waals surface area contributed by atoms with Gasteiger partial charge in [-0.15, -0.1) is 0 Å². The van der Waals surface area contributed by atoms with E-state index in [9.17, 15) is 9.59 Å². The Labute approximate surface area is 180 Å². The fourth-order valence-electron chi connectivity index (χ4n) is 3.94. The molecule has 1 heterocycles. The molecule has 2 amide bonds. The lowest BCUT2D eigenvalue weighted by atomic mass is 9.86. The topological polar surface area (TPSA) is 49.4 Å². The number of benzene rings is 2. The molecule has 1 saturated heterocycles. The summed E-state index contributed by atoms with van der Waals surface area (Å²) in [5.41, 5.74) is 3.56. The van der Waals surface area contributed by atoms with Crippen LogP contribution in [0.4, 0.5) is 0 Å². The van der Waals surface area contributed by atoms with E-state index in [2.05, 4.69) is 50.4 Å². The molecule has 160 valence electrons. The smallest absolute Gasteiger partial charge is 0.242 e. The van der Waals surface area contributed by atoms with Crippen molar-refractivity contribution in [3.63, 3.8) is 0 Å². The van der Waals surface area contributed by atoms with Gasteiger partial charge >= 0.3 is 0 Å². The molecule has 30 heavy (non-hydrogen) atoms. The number of aryl methyl sites for hydroxylation is 1. The highest BCUT2D eigenvalue weighted by Crippen LogP contribution is 2.24. The van der Waals surface area contributed by atoms with Crippen LogP contribution in [0, 0.1) is 0 Å². The monoisotopic (exact) mass is 406 g/mol. The molecule has 1 unspecified atom stereocenters. The molecule has 2 aromatic rings. The Bertz CT molecular complexity index is 838. The molecule has 1 aliphatic heterocycles. The molecule has 0 radical (unpaired) electrons. The highest BCUT2D eigenvalue weighted by atomic mass is 16.2. The molecule has 2 aromatic carbocycles. The van der Waals surface area contributed by atoms with Crippen molar-refractivity contribution >= 4 is 11.8 Å². The van der Waals surface area contributed by atoms with Crippen molar-refractivity contribution in [3.05, 3.63) is 71.3 Å². The minimum absolute atomic E-state index is 0.0214. The SMILES string of the molecule is CC(C)(C)c1ccc(CN(C(=O)CCc2ccccc2)C2CCCCNC2=O)cc1. The summed E-state index contributed by atoms with van der Waals surface area (Å²) < 4.78 is 0. The Morgan fingerprint density at radius 1 is 1.00 bits per heavy atom. The summed E-state index contributed by atoms with van der Waals surface area (Å²) in [7, 11) is 0. The molecule has 4 heteroatoms. The molecule has 0 aromatic heterocycles. The van der Waals surface area contributed by atoms with Crippen LogP contribution in [0.5, 0.6) is 0 Å². The van der Waals surface area contributed by atoms with E-state index in [1.807, 2.05) is 30.3 Å². The van der Waals surface area contributed by atoms with Crippen LogP contribution in [-0.4, -0.2) is 29.3 Å². The number of amides is 2. The number of nitrogens with zero attached hydrogens (tertiary/aromatic N) is 1. The first-order valence-corrected chi connectivity index (χ1v) is 11.0. The summed E-state index contributed by atoms with van der Waals surface area (Å²) in [5, 5.41) is 2.99. The Morgan fingerprint density at radius 3 is 2.37 bits per heavy atom. The fourth-order valence-corrected chi connectivity index (χ4v) is 3.94. The molecule has 1 N–H and O–H groups in total. The van der Waals surface area contributed by atoms with Crippen molar-refractivity contribution in [1.82, 2.24) is 10.2 Å². The van der Waals surface area contributed by atoms with Crippen molar-refractivity contribution in [2.24, 2.45) is 0 Å². The summed E-state index contributed by atoms with van der Waals surface area (Å²) in [6.07, 6.45) is 3.74. The maximum Gasteiger partial charge on any atom is 0.242 e. The fraction of sp³-hybridized carbons (Fsp3) is 0.462. The Balaban J connectivity index is 1.77. The van der Waals surface area contributed by atoms with Gasteiger partial charge in [0.25, 0.3) is 0 Å². The predicted molar refractivity (Wildman–Crippen MR) is 121 cm³/mol. The summed E-state index contributed by atoms with van der Waals surface area (Å²) in [4.78, 5) is 27.8. The largest absolute Gasteiger partial charge is 0.354 e. The summed E-state index contributed by atoms with van der Waals surface area (Å²) in [6.45, 7) is 7.74.